The Bertz CT molecular complexity index is 598. The maximum atomic E-state index is 12.6. The van der Waals surface area contributed by atoms with Crippen LogP contribution in [-0.2, 0) is 22.6 Å². The van der Waals surface area contributed by atoms with Gasteiger partial charge in [-0.05, 0) is 37.3 Å². The highest BCUT2D eigenvalue weighted by Gasteiger charge is 2.36. The lowest BCUT2D eigenvalue weighted by molar-refractivity contribution is -0.141. The summed E-state index contributed by atoms with van der Waals surface area (Å²) in [7, 11) is 1.66. The second-order valence-corrected chi connectivity index (χ2v) is 6.15. The Morgan fingerprint density at radius 3 is 2.73 bits per heavy atom. The number of ether oxygens (including phenoxy) is 1. The van der Waals surface area contributed by atoms with Gasteiger partial charge in [0.1, 0.15) is 5.75 Å². The molecule has 0 radical (unpaired) electrons. The van der Waals surface area contributed by atoms with Crippen LogP contribution in [0.3, 0.4) is 0 Å². The molecule has 1 N–H and O–H groups in total. The van der Waals surface area contributed by atoms with Crippen LogP contribution in [0.25, 0.3) is 0 Å². The largest absolute Gasteiger partial charge is 0.496 e. The molecule has 0 bridgehead atoms. The maximum absolute atomic E-state index is 12.6. The number of aliphatic carboxylic acids is 1. The average Bonchev–Trinajstić information content (AvgIpc) is 3.03. The lowest BCUT2D eigenvalue weighted by Gasteiger charge is -2.31. The van der Waals surface area contributed by atoms with E-state index in [-0.39, 0.29) is 17.7 Å². The molecule has 5 nitrogen and oxygen atoms in total. The first-order valence-corrected chi connectivity index (χ1v) is 7.76. The molecule has 1 heterocycles. The van der Waals surface area contributed by atoms with Gasteiger partial charge in [-0.1, -0.05) is 12.1 Å². The van der Waals surface area contributed by atoms with Crippen LogP contribution in [0.5, 0.6) is 5.75 Å². The van der Waals surface area contributed by atoms with Crippen LogP contribution >= 0.6 is 0 Å². The lowest BCUT2D eigenvalue weighted by atomic mass is 9.96. The summed E-state index contributed by atoms with van der Waals surface area (Å²) in [5, 5.41) is 9.07. The van der Waals surface area contributed by atoms with Crippen LogP contribution in [0.15, 0.2) is 18.2 Å². The van der Waals surface area contributed by atoms with E-state index in [9.17, 15) is 9.59 Å². The predicted molar refractivity (Wildman–Crippen MR) is 80.6 cm³/mol. The van der Waals surface area contributed by atoms with Crippen LogP contribution in [0, 0.1) is 11.8 Å². The standard InChI is InChI=1S/C17H21NO4/c1-22-15-4-2-3-13-10-18(8-7-14(13)15)16(19)11-5-6-12(9-11)17(20)21/h2-4,11-12H,5-10H2,1H3,(H,20,21)/t11-,12+/m1/s1. The number of rotatable bonds is 3. The molecule has 0 saturated heterocycles. The molecule has 0 spiro atoms. The van der Waals surface area contributed by atoms with Crippen molar-refractivity contribution in [3.63, 3.8) is 0 Å². The van der Waals surface area contributed by atoms with Crippen molar-refractivity contribution in [3.05, 3.63) is 29.3 Å². The van der Waals surface area contributed by atoms with Gasteiger partial charge in [-0.15, -0.1) is 0 Å². The Labute approximate surface area is 129 Å². The monoisotopic (exact) mass is 303 g/mol. The number of hydrogen-bond donors (Lipinski definition) is 1. The molecule has 1 aromatic carbocycles. The molecule has 1 fully saturated rings. The zero-order valence-corrected chi connectivity index (χ0v) is 12.7. The zero-order chi connectivity index (χ0) is 15.7. The Morgan fingerprint density at radius 2 is 2.05 bits per heavy atom. The van der Waals surface area contributed by atoms with Gasteiger partial charge >= 0.3 is 5.97 Å². The summed E-state index contributed by atoms with van der Waals surface area (Å²) in [6.07, 6.45) is 2.58. The van der Waals surface area contributed by atoms with E-state index < -0.39 is 5.97 Å². The number of amides is 1. The van der Waals surface area contributed by atoms with Crippen molar-refractivity contribution >= 4 is 11.9 Å². The van der Waals surface area contributed by atoms with E-state index in [1.165, 1.54) is 5.56 Å². The Hall–Kier alpha value is -2.04. The number of carbonyl (C=O) groups excluding carboxylic acids is 1. The zero-order valence-electron chi connectivity index (χ0n) is 12.7. The number of methoxy groups -OCH3 is 1. The summed E-state index contributed by atoms with van der Waals surface area (Å²) in [5.41, 5.74) is 2.32. The van der Waals surface area contributed by atoms with Crippen LogP contribution in [0.1, 0.15) is 30.4 Å². The fraction of sp³-hybridized carbons (Fsp3) is 0.529. The molecular formula is C17H21NO4. The third-order valence-corrected chi connectivity index (χ3v) is 4.89. The molecule has 1 aromatic rings. The molecule has 0 aromatic heterocycles. The molecule has 5 heteroatoms. The van der Waals surface area contributed by atoms with E-state index >= 15 is 0 Å². The molecule has 0 unspecified atom stereocenters. The maximum Gasteiger partial charge on any atom is 0.306 e. The predicted octanol–water partition coefficient (Wildman–Crippen LogP) is 2.08. The normalized spacial score (nSPS) is 24.0. The molecule has 1 amide bonds. The number of carboxylic acid groups (broad SMARTS) is 1. The molecule has 2 aliphatic rings. The first kappa shape index (κ1) is 14.9. The number of benzene rings is 1. The van der Waals surface area contributed by atoms with Gasteiger partial charge in [-0.25, -0.2) is 0 Å². The van der Waals surface area contributed by atoms with Gasteiger partial charge in [-0.2, -0.15) is 0 Å². The van der Waals surface area contributed by atoms with E-state index in [1.54, 1.807) is 7.11 Å². The van der Waals surface area contributed by atoms with E-state index in [0.29, 0.717) is 32.4 Å². The fourth-order valence-corrected chi connectivity index (χ4v) is 3.64. The van der Waals surface area contributed by atoms with Crippen LogP contribution < -0.4 is 4.74 Å². The Kier molecular flexibility index (Phi) is 4.05. The summed E-state index contributed by atoms with van der Waals surface area (Å²) in [6, 6.07) is 5.93. The van der Waals surface area contributed by atoms with E-state index in [0.717, 1.165) is 17.7 Å². The third-order valence-electron chi connectivity index (χ3n) is 4.89. The molecule has 118 valence electrons. The average molecular weight is 303 g/mol. The van der Waals surface area contributed by atoms with Crippen molar-refractivity contribution in [1.82, 2.24) is 4.90 Å². The first-order valence-electron chi connectivity index (χ1n) is 7.76. The second-order valence-electron chi connectivity index (χ2n) is 6.15. The minimum absolute atomic E-state index is 0.109. The van der Waals surface area contributed by atoms with Crippen molar-refractivity contribution < 1.29 is 19.4 Å². The Balaban J connectivity index is 1.70. The van der Waals surface area contributed by atoms with Crippen LogP contribution in [0.2, 0.25) is 0 Å². The van der Waals surface area contributed by atoms with E-state index in [4.69, 9.17) is 9.84 Å². The number of carboxylic acids is 1. The van der Waals surface area contributed by atoms with Crippen molar-refractivity contribution in [2.45, 2.75) is 32.2 Å². The number of hydrogen-bond acceptors (Lipinski definition) is 3. The summed E-state index contributed by atoms with van der Waals surface area (Å²) in [6.45, 7) is 1.28. The van der Waals surface area contributed by atoms with Crippen molar-refractivity contribution in [3.8, 4) is 5.75 Å². The minimum atomic E-state index is -0.774. The highest BCUT2D eigenvalue weighted by atomic mass is 16.5. The van der Waals surface area contributed by atoms with Crippen molar-refractivity contribution in [1.29, 1.82) is 0 Å². The molecule has 1 saturated carbocycles. The third kappa shape index (κ3) is 2.67. The number of nitrogens with zero attached hydrogens (tertiary/aromatic N) is 1. The van der Waals surface area contributed by atoms with Crippen LogP contribution in [0.4, 0.5) is 0 Å². The minimum Gasteiger partial charge on any atom is -0.496 e. The van der Waals surface area contributed by atoms with Gasteiger partial charge in [0.25, 0.3) is 0 Å². The smallest absolute Gasteiger partial charge is 0.306 e. The van der Waals surface area contributed by atoms with E-state index in [1.807, 2.05) is 23.1 Å². The van der Waals surface area contributed by atoms with Gasteiger partial charge < -0.3 is 14.7 Å². The highest BCUT2D eigenvalue weighted by molar-refractivity contribution is 5.81. The molecule has 2 atom stereocenters. The molecule has 1 aliphatic heterocycles. The fourth-order valence-electron chi connectivity index (χ4n) is 3.64. The summed E-state index contributed by atoms with van der Waals surface area (Å²) >= 11 is 0. The summed E-state index contributed by atoms with van der Waals surface area (Å²) in [5.74, 6) is -0.267. The molecular weight excluding hydrogens is 282 g/mol. The first-order chi connectivity index (χ1) is 10.6. The van der Waals surface area contributed by atoms with Crippen LogP contribution in [-0.4, -0.2) is 35.5 Å². The molecule has 22 heavy (non-hydrogen) atoms. The lowest BCUT2D eigenvalue weighted by Crippen LogP contribution is -2.39. The number of fused-ring (bicyclic) bond motifs is 1. The Morgan fingerprint density at radius 1 is 1.27 bits per heavy atom. The van der Waals surface area contributed by atoms with Gasteiger partial charge in [0.2, 0.25) is 5.91 Å². The van der Waals surface area contributed by atoms with E-state index in [2.05, 4.69) is 0 Å². The number of carbonyl (C=O) groups is 2. The van der Waals surface area contributed by atoms with Gasteiger partial charge in [0.15, 0.2) is 0 Å². The van der Waals surface area contributed by atoms with Gasteiger partial charge in [0.05, 0.1) is 13.0 Å². The SMILES string of the molecule is COc1cccc2c1CCN(C(=O)[C@@H]1CC[C@H](C(=O)O)C1)C2. The second kappa shape index (κ2) is 5.99. The van der Waals surface area contributed by atoms with Crippen molar-refractivity contribution in [2.24, 2.45) is 11.8 Å². The topological polar surface area (TPSA) is 66.8 Å². The van der Waals surface area contributed by atoms with Gasteiger partial charge in [0, 0.05) is 24.6 Å². The highest BCUT2D eigenvalue weighted by Crippen LogP contribution is 2.34. The molecule has 1 aliphatic carbocycles. The van der Waals surface area contributed by atoms with Gasteiger partial charge in [-0.3, -0.25) is 9.59 Å². The van der Waals surface area contributed by atoms with Crippen molar-refractivity contribution in [2.75, 3.05) is 13.7 Å². The quantitative estimate of drug-likeness (QED) is 0.928. The molecule has 3 rings (SSSR count). The summed E-state index contributed by atoms with van der Waals surface area (Å²) < 4.78 is 5.38. The summed E-state index contributed by atoms with van der Waals surface area (Å²) in [4.78, 5) is 25.5.